The number of hydrogen-bond donors (Lipinski definition) is 1. The third-order valence-corrected chi connectivity index (χ3v) is 3.72. The molecule has 1 aliphatic heterocycles. The van der Waals surface area contributed by atoms with Gasteiger partial charge in [0.1, 0.15) is 17.3 Å². The maximum Gasteiger partial charge on any atom is 0.254 e. The summed E-state index contributed by atoms with van der Waals surface area (Å²) in [5.74, 6) is -1.83. The molecular formula is C14H19F2N3O. The summed E-state index contributed by atoms with van der Waals surface area (Å²) >= 11 is 0. The average molecular weight is 283 g/mol. The summed E-state index contributed by atoms with van der Waals surface area (Å²) in [6.07, 6.45) is 0.873. The minimum absolute atomic E-state index is 0.0541. The molecule has 0 aromatic heterocycles. The van der Waals surface area contributed by atoms with Gasteiger partial charge in [-0.2, -0.15) is 0 Å². The molecule has 110 valence electrons. The summed E-state index contributed by atoms with van der Waals surface area (Å²) in [7, 11) is 5.35. The van der Waals surface area contributed by atoms with E-state index < -0.39 is 11.6 Å². The molecule has 1 aromatic rings. The van der Waals surface area contributed by atoms with Gasteiger partial charge in [-0.1, -0.05) is 0 Å². The fourth-order valence-electron chi connectivity index (χ4n) is 2.47. The number of nitrogens with one attached hydrogen (secondary N) is 1. The minimum Gasteiger partial charge on any atom is -0.383 e. The zero-order valence-electron chi connectivity index (χ0n) is 11.9. The third kappa shape index (κ3) is 2.75. The van der Waals surface area contributed by atoms with Gasteiger partial charge in [-0.15, -0.1) is 0 Å². The zero-order chi connectivity index (χ0) is 14.9. The average Bonchev–Trinajstić information content (AvgIpc) is 2.87. The van der Waals surface area contributed by atoms with Gasteiger partial charge in [-0.05, 0) is 32.6 Å². The van der Waals surface area contributed by atoms with Gasteiger partial charge in [0.15, 0.2) is 0 Å². The van der Waals surface area contributed by atoms with Crippen LogP contribution in [0.2, 0.25) is 0 Å². The van der Waals surface area contributed by atoms with Crippen LogP contribution in [0.25, 0.3) is 0 Å². The number of likely N-dealkylation sites (N-methyl/N-ethyl adjacent to an activating group) is 1. The summed E-state index contributed by atoms with van der Waals surface area (Å²) in [5.41, 5.74) is -0.160. The number of carbonyl (C=O) groups is 1. The second kappa shape index (κ2) is 5.75. The largest absolute Gasteiger partial charge is 0.383 e. The highest BCUT2D eigenvalue weighted by molar-refractivity contribution is 5.95. The fraction of sp³-hybridized carbons (Fsp3) is 0.500. The summed E-state index contributed by atoms with van der Waals surface area (Å²) in [4.78, 5) is 16.0. The zero-order valence-corrected chi connectivity index (χ0v) is 11.9. The van der Waals surface area contributed by atoms with Gasteiger partial charge in [0.2, 0.25) is 0 Å². The van der Waals surface area contributed by atoms with Crippen molar-refractivity contribution in [2.75, 3.05) is 39.5 Å². The van der Waals surface area contributed by atoms with E-state index in [1.54, 1.807) is 4.90 Å². The molecule has 1 amide bonds. The van der Waals surface area contributed by atoms with Gasteiger partial charge in [0.25, 0.3) is 5.91 Å². The molecule has 20 heavy (non-hydrogen) atoms. The number of rotatable bonds is 3. The maximum absolute atomic E-state index is 13.7. The quantitative estimate of drug-likeness (QED) is 0.918. The van der Waals surface area contributed by atoms with Crippen LogP contribution in [0.1, 0.15) is 16.8 Å². The number of hydrogen-bond acceptors (Lipinski definition) is 3. The smallest absolute Gasteiger partial charge is 0.254 e. The van der Waals surface area contributed by atoms with E-state index >= 15 is 0 Å². The fourth-order valence-corrected chi connectivity index (χ4v) is 2.47. The molecule has 0 spiro atoms. The van der Waals surface area contributed by atoms with Crippen LogP contribution in [0.5, 0.6) is 0 Å². The normalized spacial score (nSPS) is 18.7. The second-order valence-corrected chi connectivity index (χ2v) is 5.22. The van der Waals surface area contributed by atoms with Crippen molar-refractivity contribution in [1.82, 2.24) is 9.80 Å². The minimum atomic E-state index is -0.751. The molecule has 0 aliphatic carbocycles. The Hall–Kier alpha value is -1.69. The Bertz CT molecular complexity index is 496. The molecule has 0 bridgehead atoms. The molecule has 1 fully saturated rings. The summed E-state index contributed by atoms with van der Waals surface area (Å²) < 4.78 is 27.4. The van der Waals surface area contributed by atoms with E-state index in [9.17, 15) is 13.6 Å². The first-order valence-corrected chi connectivity index (χ1v) is 6.56. The Morgan fingerprint density at radius 1 is 1.35 bits per heavy atom. The van der Waals surface area contributed by atoms with Crippen molar-refractivity contribution in [3.63, 3.8) is 0 Å². The van der Waals surface area contributed by atoms with Gasteiger partial charge >= 0.3 is 0 Å². The first-order valence-electron chi connectivity index (χ1n) is 6.56. The Morgan fingerprint density at radius 3 is 2.40 bits per heavy atom. The highest BCUT2D eigenvalue weighted by Gasteiger charge is 2.28. The van der Waals surface area contributed by atoms with E-state index in [1.807, 2.05) is 14.1 Å². The Labute approximate surface area is 117 Å². The molecule has 1 N–H and O–H groups in total. The van der Waals surface area contributed by atoms with Crippen molar-refractivity contribution in [2.24, 2.45) is 0 Å². The SMILES string of the molecule is CNc1c(F)cc(C(=O)N2CCC(N(C)C)C2)cc1F. The molecule has 6 heteroatoms. The monoisotopic (exact) mass is 283 g/mol. The van der Waals surface area contributed by atoms with Crippen LogP contribution in [-0.4, -0.2) is 56.0 Å². The molecule has 1 unspecified atom stereocenters. The van der Waals surface area contributed by atoms with Crippen molar-refractivity contribution < 1.29 is 13.6 Å². The summed E-state index contributed by atoms with van der Waals surface area (Å²) in [6, 6.07) is 2.46. The number of carbonyl (C=O) groups excluding carboxylic acids is 1. The number of likely N-dealkylation sites (tertiary alicyclic amines) is 1. The molecular weight excluding hydrogens is 264 g/mol. The van der Waals surface area contributed by atoms with Crippen molar-refractivity contribution in [3.05, 3.63) is 29.3 Å². The topological polar surface area (TPSA) is 35.6 Å². The lowest BCUT2D eigenvalue weighted by molar-refractivity contribution is 0.0782. The van der Waals surface area contributed by atoms with Gasteiger partial charge < -0.3 is 15.1 Å². The van der Waals surface area contributed by atoms with Crippen LogP contribution in [-0.2, 0) is 0 Å². The maximum atomic E-state index is 13.7. The predicted octanol–water partition coefficient (Wildman–Crippen LogP) is 1.78. The molecule has 1 heterocycles. The predicted molar refractivity (Wildman–Crippen MR) is 73.9 cm³/mol. The molecule has 4 nitrogen and oxygen atoms in total. The van der Waals surface area contributed by atoms with Gasteiger partial charge in [-0.25, -0.2) is 8.78 Å². The summed E-state index contributed by atoms with van der Waals surface area (Å²) in [5, 5.41) is 2.44. The number of halogens is 2. The van der Waals surface area contributed by atoms with Crippen LogP contribution in [0.3, 0.4) is 0 Å². The van der Waals surface area contributed by atoms with Crippen molar-refractivity contribution in [2.45, 2.75) is 12.5 Å². The second-order valence-electron chi connectivity index (χ2n) is 5.22. The number of anilines is 1. The van der Waals surface area contributed by atoms with E-state index in [4.69, 9.17) is 0 Å². The van der Waals surface area contributed by atoms with Crippen LogP contribution in [0, 0.1) is 11.6 Å². The number of amides is 1. The van der Waals surface area contributed by atoms with Gasteiger partial charge in [0, 0.05) is 31.7 Å². The number of benzene rings is 1. The highest BCUT2D eigenvalue weighted by atomic mass is 19.1. The van der Waals surface area contributed by atoms with Gasteiger partial charge in [0.05, 0.1) is 0 Å². The van der Waals surface area contributed by atoms with Crippen molar-refractivity contribution in [3.8, 4) is 0 Å². The third-order valence-electron chi connectivity index (χ3n) is 3.72. The molecule has 1 atom stereocenters. The van der Waals surface area contributed by atoms with E-state index in [0.29, 0.717) is 19.1 Å². The van der Waals surface area contributed by atoms with Crippen LogP contribution < -0.4 is 5.32 Å². The van der Waals surface area contributed by atoms with Crippen LogP contribution >= 0.6 is 0 Å². The Balaban J connectivity index is 2.18. The van der Waals surface area contributed by atoms with Crippen molar-refractivity contribution in [1.29, 1.82) is 0 Å². The van der Waals surface area contributed by atoms with E-state index in [-0.39, 0.29) is 17.2 Å². The Morgan fingerprint density at radius 2 is 1.95 bits per heavy atom. The molecule has 1 aliphatic rings. The lowest BCUT2D eigenvalue weighted by atomic mass is 10.1. The van der Waals surface area contributed by atoms with Crippen LogP contribution in [0.4, 0.5) is 14.5 Å². The first kappa shape index (κ1) is 14.7. The molecule has 0 saturated carbocycles. The Kier molecular flexibility index (Phi) is 4.23. The van der Waals surface area contributed by atoms with Crippen LogP contribution in [0.15, 0.2) is 12.1 Å². The first-order chi connectivity index (χ1) is 9.43. The van der Waals surface area contributed by atoms with Gasteiger partial charge in [-0.3, -0.25) is 4.79 Å². The molecule has 0 radical (unpaired) electrons. The van der Waals surface area contributed by atoms with Crippen molar-refractivity contribution >= 4 is 11.6 Å². The van der Waals surface area contributed by atoms with E-state index in [2.05, 4.69) is 10.2 Å². The lowest BCUT2D eigenvalue weighted by Gasteiger charge is -2.20. The molecule has 2 rings (SSSR count). The summed E-state index contributed by atoms with van der Waals surface area (Å²) in [6.45, 7) is 1.20. The molecule has 1 saturated heterocycles. The number of nitrogens with zero attached hydrogens (tertiary/aromatic N) is 2. The van der Waals surface area contributed by atoms with E-state index in [1.165, 1.54) is 7.05 Å². The lowest BCUT2D eigenvalue weighted by Crippen LogP contribution is -2.34. The molecule has 1 aromatic carbocycles. The standard InChI is InChI=1S/C14H19F2N3O/c1-17-13-11(15)6-9(7-12(13)16)14(20)19-5-4-10(8-19)18(2)3/h6-7,10,17H,4-5,8H2,1-3H3. The van der Waals surface area contributed by atoms with E-state index in [0.717, 1.165) is 18.6 Å². The highest BCUT2D eigenvalue weighted by Crippen LogP contribution is 2.23.